The Kier molecular flexibility index (Phi) is 4.81. The predicted molar refractivity (Wildman–Crippen MR) is 97.0 cm³/mol. The van der Waals surface area contributed by atoms with E-state index >= 15 is 0 Å². The molecule has 0 bridgehead atoms. The highest BCUT2D eigenvalue weighted by molar-refractivity contribution is 6.42. The van der Waals surface area contributed by atoms with Gasteiger partial charge in [-0.1, -0.05) is 49.2 Å². The molecule has 0 saturated heterocycles. The molecular weight excluding hydrogens is 348 g/mol. The summed E-state index contributed by atoms with van der Waals surface area (Å²) < 4.78 is 15.5. The van der Waals surface area contributed by atoms with Crippen LogP contribution < -0.4 is 5.73 Å². The molecule has 0 aliphatic heterocycles. The van der Waals surface area contributed by atoms with Gasteiger partial charge in [-0.2, -0.15) is 0 Å². The van der Waals surface area contributed by atoms with Gasteiger partial charge in [0.2, 0.25) is 0 Å². The molecule has 2 N–H and O–H groups in total. The number of aromatic nitrogens is 2. The van der Waals surface area contributed by atoms with E-state index in [4.69, 9.17) is 28.9 Å². The molecule has 6 heteroatoms. The van der Waals surface area contributed by atoms with Crippen molar-refractivity contribution in [3.05, 3.63) is 63.6 Å². The SMILES string of the molecule is CC(C)[C@H](N)c1nc2cc(Cl)c(Cl)cc2n1Cc1cccc(F)c1. The Bertz CT molecular complexity index is 889. The van der Waals surface area contributed by atoms with Crippen molar-refractivity contribution < 1.29 is 4.39 Å². The van der Waals surface area contributed by atoms with Crippen molar-refractivity contribution in [2.75, 3.05) is 0 Å². The summed E-state index contributed by atoms with van der Waals surface area (Å²) >= 11 is 12.3. The molecule has 0 saturated carbocycles. The Morgan fingerprint density at radius 2 is 1.88 bits per heavy atom. The Morgan fingerprint density at radius 1 is 1.17 bits per heavy atom. The molecule has 0 aliphatic carbocycles. The summed E-state index contributed by atoms with van der Waals surface area (Å²) in [5.41, 5.74) is 8.73. The molecule has 2 aromatic carbocycles. The minimum Gasteiger partial charge on any atom is -0.322 e. The first-order chi connectivity index (χ1) is 11.4. The largest absolute Gasteiger partial charge is 0.322 e. The molecule has 126 valence electrons. The van der Waals surface area contributed by atoms with Crippen molar-refractivity contribution in [2.45, 2.75) is 26.4 Å². The molecular formula is C18H18Cl2FN3. The van der Waals surface area contributed by atoms with Crippen LogP contribution in [0.3, 0.4) is 0 Å². The van der Waals surface area contributed by atoms with Crippen LogP contribution in [0.4, 0.5) is 4.39 Å². The monoisotopic (exact) mass is 365 g/mol. The maximum Gasteiger partial charge on any atom is 0.127 e. The molecule has 0 aliphatic rings. The molecule has 0 radical (unpaired) electrons. The lowest BCUT2D eigenvalue weighted by atomic mass is 10.0. The highest BCUT2D eigenvalue weighted by Gasteiger charge is 2.21. The Morgan fingerprint density at radius 3 is 2.54 bits per heavy atom. The zero-order valence-corrected chi connectivity index (χ0v) is 14.9. The van der Waals surface area contributed by atoms with Crippen LogP contribution in [0.2, 0.25) is 10.0 Å². The minimum absolute atomic E-state index is 0.207. The summed E-state index contributed by atoms with van der Waals surface area (Å²) in [6, 6.07) is 9.76. The van der Waals surface area contributed by atoms with E-state index in [0.717, 1.165) is 22.4 Å². The van der Waals surface area contributed by atoms with E-state index < -0.39 is 0 Å². The van der Waals surface area contributed by atoms with Crippen molar-refractivity contribution in [1.82, 2.24) is 9.55 Å². The molecule has 3 nitrogen and oxygen atoms in total. The summed E-state index contributed by atoms with van der Waals surface area (Å²) in [6.45, 7) is 4.54. The number of benzene rings is 2. The van der Waals surface area contributed by atoms with Gasteiger partial charge in [0.05, 0.1) is 27.1 Å². The van der Waals surface area contributed by atoms with Crippen molar-refractivity contribution in [2.24, 2.45) is 11.7 Å². The van der Waals surface area contributed by atoms with Gasteiger partial charge in [0.1, 0.15) is 11.6 Å². The number of nitrogens with zero attached hydrogens (tertiary/aromatic N) is 2. The van der Waals surface area contributed by atoms with Crippen LogP contribution in [0.5, 0.6) is 0 Å². The summed E-state index contributed by atoms with van der Waals surface area (Å²) in [6.07, 6.45) is 0. The predicted octanol–water partition coefficient (Wildman–Crippen LogP) is 5.19. The third kappa shape index (κ3) is 3.27. The maximum absolute atomic E-state index is 13.5. The van der Waals surface area contributed by atoms with E-state index in [1.807, 2.05) is 24.5 Å². The van der Waals surface area contributed by atoms with Crippen LogP contribution in [0.1, 0.15) is 31.3 Å². The summed E-state index contributed by atoms with van der Waals surface area (Å²) in [7, 11) is 0. The van der Waals surface area contributed by atoms with Crippen molar-refractivity contribution in [3.63, 3.8) is 0 Å². The summed E-state index contributed by atoms with van der Waals surface area (Å²) in [4.78, 5) is 4.66. The van der Waals surface area contributed by atoms with E-state index in [1.54, 1.807) is 18.2 Å². The topological polar surface area (TPSA) is 43.8 Å². The standard InChI is InChI=1S/C18H18Cl2FN3/c1-10(2)17(22)18-23-15-7-13(19)14(20)8-16(15)24(18)9-11-4-3-5-12(21)6-11/h3-8,10,17H,9,22H2,1-2H3/t17-/m0/s1. The number of hydrogen-bond acceptors (Lipinski definition) is 2. The molecule has 0 unspecified atom stereocenters. The second-order valence-corrected chi connectivity index (χ2v) is 7.03. The fraction of sp³-hybridized carbons (Fsp3) is 0.278. The molecule has 3 aromatic rings. The van der Waals surface area contributed by atoms with Gasteiger partial charge in [0.25, 0.3) is 0 Å². The van der Waals surface area contributed by atoms with Crippen LogP contribution in [-0.4, -0.2) is 9.55 Å². The molecule has 0 amide bonds. The van der Waals surface area contributed by atoms with E-state index in [1.165, 1.54) is 12.1 Å². The second-order valence-electron chi connectivity index (χ2n) is 6.21. The van der Waals surface area contributed by atoms with Crippen LogP contribution >= 0.6 is 23.2 Å². The fourth-order valence-corrected chi connectivity index (χ4v) is 2.99. The lowest BCUT2D eigenvalue weighted by Gasteiger charge is -2.18. The fourth-order valence-electron chi connectivity index (χ4n) is 2.68. The average molecular weight is 366 g/mol. The molecule has 1 aromatic heterocycles. The van der Waals surface area contributed by atoms with Gasteiger partial charge in [-0.05, 0) is 35.7 Å². The van der Waals surface area contributed by atoms with Gasteiger partial charge < -0.3 is 10.3 Å². The van der Waals surface area contributed by atoms with Gasteiger partial charge in [-0.25, -0.2) is 9.37 Å². The van der Waals surface area contributed by atoms with Crippen LogP contribution in [-0.2, 0) is 6.54 Å². The zero-order valence-electron chi connectivity index (χ0n) is 13.4. The molecule has 1 atom stereocenters. The van der Waals surface area contributed by atoms with Crippen LogP contribution in [0.25, 0.3) is 11.0 Å². The Hall–Kier alpha value is -1.62. The first kappa shape index (κ1) is 17.2. The number of halogens is 3. The molecule has 24 heavy (non-hydrogen) atoms. The molecule has 0 spiro atoms. The lowest BCUT2D eigenvalue weighted by Crippen LogP contribution is -2.22. The third-order valence-electron chi connectivity index (χ3n) is 4.07. The zero-order chi connectivity index (χ0) is 17.4. The van der Waals surface area contributed by atoms with Crippen LogP contribution in [0.15, 0.2) is 36.4 Å². The van der Waals surface area contributed by atoms with Crippen molar-refractivity contribution >= 4 is 34.2 Å². The molecule has 3 rings (SSSR count). The first-order valence-corrected chi connectivity index (χ1v) is 8.47. The van der Waals surface area contributed by atoms with Gasteiger partial charge in [0.15, 0.2) is 0 Å². The summed E-state index contributed by atoms with van der Waals surface area (Å²) in [5.74, 6) is 0.675. The summed E-state index contributed by atoms with van der Waals surface area (Å²) in [5, 5.41) is 0.901. The number of hydrogen-bond donors (Lipinski definition) is 1. The second kappa shape index (κ2) is 6.71. The normalized spacial score (nSPS) is 13.0. The van der Waals surface area contributed by atoms with E-state index in [2.05, 4.69) is 4.98 Å². The first-order valence-electron chi connectivity index (χ1n) is 7.72. The lowest BCUT2D eigenvalue weighted by molar-refractivity contribution is 0.474. The van der Waals surface area contributed by atoms with E-state index in [9.17, 15) is 4.39 Å². The minimum atomic E-state index is -0.271. The van der Waals surface area contributed by atoms with E-state index in [0.29, 0.717) is 16.6 Å². The number of rotatable bonds is 4. The number of imidazole rings is 1. The van der Waals surface area contributed by atoms with Gasteiger partial charge in [-0.15, -0.1) is 0 Å². The smallest absolute Gasteiger partial charge is 0.127 e. The van der Waals surface area contributed by atoms with Crippen molar-refractivity contribution in [3.8, 4) is 0 Å². The maximum atomic E-state index is 13.5. The highest BCUT2D eigenvalue weighted by atomic mass is 35.5. The Labute approximate surface area is 150 Å². The number of nitrogens with two attached hydrogens (primary N) is 1. The van der Waals surface area contributed by atoms with Crippen LogP contribution in [0, 0.1) is 11.7 Å². The van der Waals surface area contributed by atoms with E-state index in [-0.39, 0.29) is 17.8 Å². The molecule has 1 heterocycles. The van der Waals surface area contributed by atoms with Crippen molar-refractivity contribution in [1.29, 1.82) is 0 Å². The highest BCUT2D eigenvalue weighted by Crippen LogP contribution is 2.31. The molecule has 0 fully saturated rings. The van der Waals surface area contributed by atoms with Gasteiger partial charge in [0, 0.05) is 6.54 Å². The number of fused-ring (bicyclic) bond motifs is 1. The third-order valence-corrected chi connectivity index (χ3v) is 4.79. The van der Waals surface area contributed by atoms with Gasteiger partial charge in [-0.3, -0.25) is 0 Å². The average Bonchev–Trinajstić information content (AvgIpc) is 2.85. The Balaban J connectivity index is 2.18. The van der Waals surface area contributed by atoms with Gasteiger partial charge >= 0.3 is 0 Å². The quantitative estimate of drug-likeness (QED) is 0.691.